The molecule has 106 valence electrons. The fourth-order valence-corrected chi connectivity index (χ4v) is 1.70. The number of amides is 1. The number of hydrogen-bond acceptors (Lipinski definition) is 3. The van der Waals surface area contributed by atoms with Crippen molar-refractivity contribution < 1.29 is 9.53 Å². The van der Waals surface area contributed by atoms with Gasteiger partial charge in [0.1, 0.15) is 17.9 Å². The van der Waals surface area contributed by atoms with Crippen molar-refractivity contribution in [3.63, 3.8) is 0 Å². The second kappa shape index (κ2) is 5.61. The molecular formula is C15H24N2O2. The molecule has 0 saturated carbocycles. The van der Waals surface area contributed by atoms with Gasteiger partial charge in [-0.05, 0) is 31.0 Å². The third kappa shape index (κ3) is 3.70. The number of ether oxygens (including phenoxy) is 1. The summed E-state index contributed by atoms with van der Waals surface area (Å²) < 4.78 is 5.82. The molecule has 4 nitrogen and oxygen atoms in total. The second-order valence-corrected chi connectivity index (χ2v) is 5.98. The zero-order chi connectivity index (χ0) is 14.7. The molecule has 0 aliphatic carbocycles. The molecule has 0 spiro atoms. The fraction of sp³-hybridized carbons (Fsp3) is 0.533. The highest BCUT2D eigenvalue weighted by Gasteiger charge is 2.30. The van der Waals surface area contributed by atoms with Gasteiger partial charge in [-0.1, -0.05) is 39.0 Å². The Kier molecular flexibility index (Phi) is 4.58. The number of rotatable bonds is 5. The molecule has 4 heteroatoms. The summed E-state index contributed by atoms with van der Waals surface area (Å²) in [5, 5.41) is 2.91. The average molecular weight is 264 g/mol. The topological polar surface area (TPSA) is 64.3 Å². The van der Waals surface area contributed by atoms with Gasteiger partial charge >= 0.3 is 0 Å². The zero-order valence-corrected chi connectivity index (χ0v) is 12.4. The van der Waals surface area contributed by atoms with Crippen LogP contribution in [0.3, 0.4) is 0 Å². The summed E-state index contributed by atoms with van der Waals surface area (Å²) in [6.07, 6.45) is 0. The molecule has 1 unspecified atom stereocenters. The third-order valence-corrected chi connectivity index (χ3v) is 3.31. The Labute approximate surface area is 115 Å². The van der Waals surface area contributed by atoms with Gasteiger partial charge in [-0.3, -0.25) is 4.79 Å². The first kappa shape index (κ1) is 15.5. The lowest BCUT2D eigenvalue weighted by molar-refractivity contribution is -0.124. The Morgan fingerprint density at radius 1 is 1.26 bits per heavy atom. The van der Waals surface area contributed by atoms with Crippen molar-refractivity contribution in [2.24, 2.45) is 5.73 Å². The van der Waals surface area contributed by atoms with Crippen LogP contribution in [0, 0.1) is 0 Å². The van der Waals surface area contributed by atoms with E-state index < -0.39 is 11.4 Å². The summed E-state index contributed by atoms with van der Waals surface area (Å²) in [5.74, 6) is 0.362. The quantitative estimate of drug-likeness (QED) is 0.852. The first-order valence-electron chi connectivity index (χ1n) is 6.42. The maximum Gasteiger partial charge on any atom is 0.240 e. The van der Waals surface area contributed by atoms with Gasteiger partial charge in [-0.2, -0.15) is 0 Å². The van der Waals surface area contributed by atoms with Crippen LogP contribution in [0.5, 0.6) is 5.75 Å². The molecule has 0 fully saturated rings. The van der Waals surface area contributed by atoms with Crippen molar-refractivity contribution in [2.75, 3.05) is 13.7 Å². The molecule has 19 heavy (non-hydrogen) atoms. The number of para-hydroxylation sites is 1. The molecule has 0 heterocycles. The molecular weight excluding hydrogens is 240 g/mol. The van der Waals surface area contributed by atoms with Crippen molar-refractivity contribution in [3.8, 4) is 5.75 Å². The van der Waals surface area contributed by atoms with E-state index in [-0.39, 0.29) is 12.0 Å². The first-order chi connectivity index (χ1) is 8.70. The highest BCUT2D eigenvalue weighted by Crippen LogP contribution is 2.31. The van der Waals surface area contributed by atoms with Gasteiger partial charge < -0.3 is 15.8 Å². The number of carbonyl (C=O) groups is 1. The lowest BCUT2D eigenvalue weighted by Crippen LogP contribution is -2.55. The Bertz CT molecular complexity index is 452. The summed E-state index contributed by atoms with van der Waals surface area (Å²) in [7, 11) is 1.70. The monoisotopic (exact) mass is 264 g/mol. The maximum atomic E-state index is 11.4. The second-order valence-electron chi connectivity index (χ2n) is 5.98. The Morgan fingerprint density at radius 3 is 2.32 bits per heavy atom. The van der Waals surface area contributed by atoms with Gasteiger partial charge in [0.15, 0.2) is 0 Å². The van der Waals surface area contributed by atoms with Gasteiger partial charge in [0.05, 0.1) is 0 Å². The van der Waals surface area contributed by atoms with Crippen LogP contribution in [0.15, 0.2) is 24.3 Å². The summed E-state index contributed by atoms with van der Waals surface area (Å²) in [6, 6.07) is 7.86. The standard InChI is InChI=1S/C15H24N2O2/c1-14(2,3)11-8-6-7-9-12(11)19-10-15(4,17-5)13(16)18/h6-9,17H,10H2,1-5H3,(H2,16,18). The molecule has 1 aromatic carbocycles. The molecule has 0 aliphatic heterocycles. The van der Waals surface area contributed by atoms with Gasteiger partial charge in [0.25, 0.3) is 0 Å². The van der Waals surface area contributed by atoms with Crippen LogP contribution in [0.25, 0.3) is 0 Å². The molecule has 1 amide bonds. The molecule has 1 aromatic rings. The van der Waals surface area contributed by atoms with Crippen LogP contribution in [0.1, 0.15) is 33.3 Å². The number of benzene rings is 1. The lowest BCUT2D eigenvalue weighted by Gasteiger charge is -2.28. The van der Waals surface area contributed by atoms with E-state index in [1.54, 1.807) is 14.0 Å². The lowest BCUT2D eigenvalue weighted by atomic mass is 9.86. The highest BCUT2D eigenvalue weighted by atomic mass is 16.5. The van der Waals surface area contributed by atoms with Gasteiger partial charge in [0, 0.05) is 0 Å². The van der Waals surface area contributed by atoms with Crippen LogP contribution < -0.4 is 15.8 Å². The van der Waals surface area contributed by atoms with E-state index in [1.807, 2.05) is 24.3 Å². The van der Waals surface area contributed by atoms with Gasteiger partial charge in [-0.25, -0.2) is 0 Å². The molecule has 0 aromatic heterocycles. The highest BCUT2D eigenvalue weighted by molar-refractivity contribution is 5.84. The first-order valence-corrected chi connectivity index (χ1v) is 6.42. The van der Waals surface area contributed by atoms with Gasteiger partial charge in [0.2, 0.25) is 5.91 Å². The number of hydrogen-bond donors (Lipinski definition) is 2. The van der Waals surface area contributed by atoms with E-state index in [1.165, 1.54) is 0 Å². The van der Waals surface area contributed by atoms with Crippen LogP contribution in [-0.4, -0.2) is 25.1 Å². The molecule has 0 bridgehead atoms. The third-order valence-electron chi connectivity index (χ3n) is 3.31. The van der Waals surface area contributed by atoms with Crippen molar-refractivity contribution in [1.82, 2.24) is 5.32 Å². The predicted molar refractivity (Wildman–Crippen MR) is 77.3 cm³/mol. The Balaban J connectivity index is 2.93. The minimum absolute atomic E-state index is 0.0145. The maximum absolute atomic E-state index is 11.4. The number of carbonyl (C=O) groups excluding carboxylic acids is 1. The summed E-state index contributed by atoms with van der Waals surface area (Å²) in [4.78, 5) is 11.4. The van der Waals surface area contributed by atoms with Crippen LogP contribution in [0.2, 0.25) is 0 Å². The molecule has 1 atom stereocenters. The normalized spacial score (nSPS) is 14.8. The average Bonchev–Trinajstić information content (AvgIpc) is 2.35. The zero-order valence-electron chi connectivity index (χ0n) is 12.4. The Hall–Kier alpha value is -1.55. The Morgan fingerprint density at radius 2 is 1.84 bits per heavy atom. The molecule has 0 aliphatic rings. The van der Waals surface area contributed by atoms with E-state index in [4.69, 9.17) is 10.5 Å². The van der Waals surface area contributed by atoms with Crippen molar-refractivity contribution in [1.29, 1.82) is 0 Å². The minimum atomic E-state index is -0.870. The number of likely N-dealkylation sites (N-methyl/N-ethyl adjacent to an activating group) is 1. The fourth-order valence-electron chi connectivity index (χ4n) is 1.70. The van der Waals surface area contributed by atoms with E-state index in [0.29, 0.717) is 0 Å². The largest absolute Gasteiger partial charge is 0.491 e. The molecule has 0 radical (unpaired) electrons. The molecule has 3 N–H and O–H groups in total. The van der Waals surface area contributed by atoms with E-state index in [2.05, 4.69) is 26.1 Å². The number of nitrogens with one attached hydrogen (secondary N) is 1. The van der Waals surface area contributed by atoms with E-state index in [0.717, 1.165) is 11.3 Å². The van der Waals surface area contributed by atoms with Crippen molar-refractivity contribution in [3.05, 3.63) is 29.8 Å². The SMILES string of the molecule is CNC(C)(COc1ccccc1C(C)(C)C)C(N)=O. The molecule has 1 rings (SSSR count). The van der Waals surface area contributed by atoms with Crippen LogP contribution >= 0.6 is 0 Å². The summed E-state index contributed by atoms with van der Waals surface area (Å²) >= 11 is 0. The van der Waals surface area contributed by atoms with E-state index >= 15 is 0 Å². The van der Waals surface area contributed by atoms with Gasteiger partial charge in [-0.15, -0.1) is 0 Å². The number of nitrogens with two attached hydrogens (primary N) is 1. The summed E-state index contributed by atoms with van der Waals surface area (Å²) in [6.45, 7) is 8.31. The predicted octanol–water partition coefficient (Wildman–Crippen LogP) is 1.83. The van der Waals surface area contributed by atoms with Crippen LogP contribution in [-0.2, 0) is 10.2 Å². The van der Waals surface area contributed by atoms with Crippen molar-refractivity contribution in [2.45, 2.75) is 38.6 Å². The number of primary amides is 1. The van der Waals surface area contributed by atoms with Crippen LogP contribution in [0.4, 0.5) is 0 Å². The van der Waals surface area contributed by atoms with E-state index in [9.17, 15) is 4.79 Å². The molecule has 0 saturated heterocycles. The summed E-state index contributed by atoms with van der Waals surface area (Å²) in [5.41, 5.74) is 5.61. The smallest absolute Gasteiger partial charge is 0.240 e. The van der Waals surface area contributed by atoms with Crippen molar-refractivity contribution >= 4 is 5.91 Å². The minimum Gasteiger partial charge on any atom is -0.491 e.